The van der Waals surface area contributed by atoms with Crippen molar-refractivity contribution in [3.05, 3.63) is 55.8 Å². The molecular formula is C19H19N5O4S. The maximum Gasteiger partial charge on any atom is 0.319 e. The summed E-state index contributed by atoms with van der Waals surface area (Å²) in [4.78, 5) is 36.6. The van der Waals surface area contributed by atoms with E-state index in [4.69, 9.17) is 11.5 Å². The molecule has 1 aromatic heterocycles. The number of nitrogens with zero attached hydrogens (tertiary/aromatic N) is 2. The fraction of sp³-hybridized carbons (Fsp3) is 0.263. The number of carbonyl (C=O) groups excluding carboxylic acids is 2. The predicted octanol–water partition coefficient (Wildman–Crippen LogP) is 1.79. The zero-order chi connectivity index (χ0) is 21.0. The average molecular weight is 413 g/mol. The first-order chi connectivity index (χ1) is 13.9. The lowest BCUT2D eigenvalue weighted by atomic mass is 10.1. The molecule has 9 nitrogen and oxygen atoms in total. The van der Waals surface area contributed by atoms with E-state index in [1.54, 1.807) is 18.2 Å². The van der Waals surface area contributed by atoms with Crippen LogP contribution in [0.25, 0.3) is 0 Å². The number of non-ortho nitro benzene ring substituents is 1. The highest BCUT2D eigenvalue weighted by Gasteiger charge is 2.29. The summed E-state index contributed by atoms with van der Waals surface area (Å²) >= 11 is 1.06. The number of thiophene rings is 1. The number of primary amides is 2. The van der Waals surface area contributed by atoms with E-state index in [0.717, 1.165) is 30.7 Å². The van der Waals surface area contributed by atoms with Crippen LogP contribution < -0.4 is 21.7 Å². The minimum atomic E-state index is -0.677. The zero-order valence-corrected chi connectivity index (χ0v) is 16.2. The molecule has 0 aliphatic carbocycles. The number of nitrogens with two attached hydrogens (primary N) is 2. The molecule has 0 radical (unpaired) electrons. The van der Waals surface area contributed by atoms with E-state index in [2.05, 4.69) is 17.2 Å². The number of amides is 3. The number of urea groups is 1. The van der Waals surface area contributed by atoms with Crippen LogP contribution in [0, 0.1) is 22.0 Å². The number of anilines is 1. The molecule has 150 valence electrons. The van der Waals surface area contributed by atoms with E-state index in [1.807, 2.05) is 0 Å². The second-order valence-electron chi connectivity index (χ2n) is 6.46. The van der Waals surface area contributed by atoms with Crippen molar-refractivity contribution in [2.24, 2.45) is 11.5 Å². The second kappa shape index (κ2) is 8.72. The summed E-state index contributed by atoms with van der Waals surface area (Å²) < 4.78 is 0. The first kappa shape index (κ1) is 20.3. The van der Waals surface area contributed by atoms with Crippen molar-refractivity contribution >= 4 is 34.6 Å². The first-order valence-electron chi connectivity index (χ1n) is 8.86. The smallest absolute Gasteiger partial charge is 0.319 e. The van der Waals surface area contributed by atoms with Gasteiger partial charge in [-0.2, -0.15) is 0 Å². The highest BCUT2D eigenvalue weighted by Crippen LogP contribution is 2.32. The van der Waals surface area contributed by atoms with Gasteiger partial charge >= 0.3 is 6.03 Å². The van der Waals surface area contributed by atoms with Crippen LogP contribution in [-0.2, 0) is 0 Å². The van der Waals surface area contributed by atoms with Gasteiger partial charge in [-0.1, -0.05) is 17.9 Å². The Balaban J connectivity index is 1.97. The number of nitro benzene ring substituents is 1. The van der Waals surface area contributed by atoms with Crippen LogP contribution in [0.15, 0.2) is 30.3 Å². The van der Waals surface area contributed by atoms with Crippen molar-refractivity contribution in [3.63, 3.8) is 0 Å². The third kappa shape index (κ3) is 4.71. The summed E-state index contributed by atoms with van der Waals surface area (Å²) in [5, 5.41) is 14.1. The summed E-state index contributed by atoms with van der Waals surface area (Å²) in [5.74, 6) is 5.05. The summed E-state index contributed by atoms with van der Waals surface area (Å²) in [6.07, 6.45) is 1.63. The number of benzene rings is 1. The van der Waals surface area contributed by atoms with E-state index in [1.165, 1.54) is 17.0 Å². The molecule has 1 atom stereocenters. The van der Waals surface area contributed by atoms with E-state index in [0.29, 0.717) is 22.7 Å². The number of nitro groups is 1. The molecule has 5 N–H and O–H groups in total. The van der Waals surface area contributed by atoms with Gasteiger partial charge in [0.05, 0.1) is 21.5 Å². The van der Waals surface area contributed by atoms with Gasteiger partial charge in [0.1, 0.15) is 4.88 Å². The topological polar surface area (TPSA) is 145 Å². The Bertz CT molecular complexity index is 1020. The molecule has 3 rings (SSSR count). The molecule has 0 saturated carbocycles. The Morgan fingerprint density at radius 3 is 2.69 bits per heavy atom. The van der Waals surface area contributed by atoms with Gasteiger partial charge in [0.25, 0.3) is 11.6 Å². The SMILES string of the molecule is NC(=O)c1sc(C#Cc2cccc([N+](=O)[O-])c2)cc1N(C(N)=O)[C@H]1CCCNC1. The van der Waals surface area contributed by atoms with Crippen LogP contribution in [0.2, 0.25) is 0 Å². The van der Waals surface area contributed by atoms with Gasteiger partial charge in [-0.15, -0.1) is 11.3 Å². The van der Waals surface area contributed by atoms with Crippen molar-refractivity contribution < 1.29 is 14.5 Å². The van der Waals surface area contributed by atoms with Crippen molar-refractivity contribution in [3.8, 4) is 11.8 Å². The van der Waals surface area contributed by atoms with Gasteiger partial charge in [-0.25, -0.2) is 4.79 Å². The van der Waals surface area contributed by atoms with E-state index < -0.39 is 16.9 Å². The fourth-order valence-electron chi connectivity index (χ4n) is 3.18. The van der Waals surface area contributed by atoms with Crippen LogP contribution in [0.3, 0.4) is 0 Å². The lowest BCUT2D eigenvalue weighted by molar-refractivity contribution is -0.384. The van der Waals surface area contributed by atoms with Crippen molar-refractivity contribution in [2.75, 3.05) is 18.0 Å². The molecule has 3 amide bonds. The number of rotatable bonds is 4. The molecule has 2 aromatic rings. The monoisotopic (exact) mass is 413 g/mol. The molecule has 2 heterocycles. The third-order valence-corrected chi connectivity index (χ3v) is 5.51. The van der Waals surface area contributed by atoms with Crippen LogP contribution in [0.5, 0.6) is 0 Å². The number of hydrogen-bond donors (Lipinski definition) is 3. The Morgan fingerprint density at radius 2 is 2.07 bits per heavy atom. The molecule has 1 aliphatic rings. The van der Waals surface area contributed by atoms with Gasteiger partial charge in [0.15, 0.2) is 0 Å². The predicted molar refractivity (Wildman–Crippen MR) is 110 cm³/mol. The summed E-state index contributed by atoms with van der Waals surface area (Å²) in [5.41, 5.74) is 11.8. The molecule has 0 bridgehead atoms. The van der Waals surface area contributed by atoms with Crippen LogP contribution in [0.4, 0.5) is 16.2 Å². The molecule has 10 heteroatoms. The van der Waals surface area contributed by atoms with Gasteiger partial charge in [0, 0.05) is 24.2 Å². The number of hydrogen-bond acceptors (Lipinski definition) is 6. The van der Waals surface area contributed by atoms with E-state index >= 15 is 0 Å². The Kier molecular flexibility index (Phi) is 6.11. The van der Waals surface area contributed by atoms with Crippen LogP contribution >= 0.6 is 11.3 Å². The Labute approximate surface area is 170 Å². The number of carbonyl (C=O) groups is 2. The minimum Gasteiger partial charge on any atom is -0.365 e. The Hall–Kier alpha value is -3.42. The number of nitrogens with one attached hydrogen (secondary N) is 1. The molecule has 29 heavy (non-hydrogen) atoms. The average Bonchev–Trinajstić information content (AvgIpc) is 3.11. The summed E-state index contributed by atoms with van der Waals surface area (Å²) in [6, 6.07) is 6.68. The van der Waals surface area contributed by atoms with Crippen molar-refractivity contribution in [1.82, 2.24) is 5.32 Å². The summed E-state index contributed by atoms with van der Waals surface area (Å²) in [6.45, 7) is 1.42. The molecule has 0 unspecified atom stereocenters. The standard InChI is InChI=1S/C19H19N5O4S/c20-18(25)17-16(23(19(21)26)14-5-2-8-22-11-14)10-15(29-17)7-6-12-3-1-4-13(9-12)24(27)28/h1,3-4,9-10,14,22H,2,5,8,11H2,(H2,20,25)(H2,21,26)/t14-/m0/s1. The van der Waals surface area contributed by atoms with Crippen LogP contribution in [0.1, 0.15) is 33.0 Å². The van der Waals surface area contributed by atoms with Gasteiger partial charge < -0.3 is 16.8 Å². The highest BCUT2D eigenvalue weighted by atomic mass is 32.1. The van der Waals surface area contributed by atoms with Crippen LogP contribution in [-0.4, -0.2) is 36.0 Å². The molecule has 1 fully saturated rings. The van der Waals surface area contributed by atoms with E-state index in [-0.39, 0.29) is 16.6 Å². The van der Waals surface area contributed by atoms with E-state index in [9.17, 15) is 19.7 Å². The lowest BCUT2D eigenvalue weighted by Gasteiger charge is -2.33. The molecule has 1 saturated heterocycles. The molecular weight excluding hydrogens is 394 g/mol. The van der Waals surface area contributed by atoms with Gasteiger partial charge in [-0.05, 0) is 31.5 Å². The summed E-state index contributed by atoms with van der Waals surface area (Å²) in [7, 11) is 0. The van der Waals surface area contributed by atoms with Crippen molar-refractivity contribution in [2.45, 2.75) is 18.9 Å². The minimum absolute atomic E-state index is 0.0637. The zero-order valence-electron chi connectivity index (χ0n) is 15.4. The third-order valence-electron chi connectivity index (χ3n) is 4.46. The highest BCUT2D eigenvalue weighted by molar-refractivity contribution is 7.15. The quantitative estimate of drug-likeness (QED) is 0.397. The van der Waals surface area contributed by atoms with Gasteiger partial charge in [-0.3, -0.25) is 19.8 Å². The van der Waals surface area contributed by atoms with Gasteiger partial charge in [0.2, 0.25) is 0 Å². The largest absolute Gasteiger partial charge is 0.365 e. The van der Waals surface area contributed by atoms with Crippen molar-refractivity contribution in [1.29, 1.82) is 0 Å². The fourth-order valence-corrected chi connectivity index (χ4v) is 4.03. The number of piperidine rings is 1. The maximum atomic E-state index is 12.1. The molecule has 1 aliphatic heterocycles. The Morgan fingerprint density at radius 1 is 1.28 bits per heavy atom. The molecule has 1 aromatic carbocycles. The second-order valence-corrected chi connectivity index (χ2v) is 7.51. The maximum absolute atomic E-state index is 12.1. The molecule has 0 spiro atoms. The lowest BCUT2D eigenvalue weighted by Crippen LogP contribution is -2.51. The first-order valence-corrected chi connectivity index (χ1v) is 9.68. The normalized spacial score (nSPS) is 15.8.